The summed E-state index contributed by atoms with van der Waals surface area (Å²) in [5, 5.41) is 7.74. The Balaban J connectivity index is 1.63. The molecule has 154 valence electrons. The minimum absolute atomic E-state index is 0.122. The van der Waals surface area contributed by atoms with Gasteiger partial charge in [-0.15, -0.1) is 5.10 Å². The number of ether oxygens (including phenoxy) is 3. The number of methoxy groups -OCH3 is 1. The van der Waals surface area contributed by atoms with E-state index in [-0.39, 0.29) is 17.4 Å². The van der Waals surface area contributed by atoms with Crippen LogP contribution in [-0.2, 0) is 4.74 Å². The van der Waals surface area contributed by atoms with Gasteiger partial charge in [0, 0.05) is 25.8 Å². The van der Waals surface area contributed by atoms with Crippen LogP contribution in [0.25, 0.3) is 5.65 Å². The van der Waals surface area contributed by atoms with Gasteiger partial charge in [0.2, 0.25) is 17.5 Å². The number of aromatic nitrogens is 3. The van der Waals surface area contributed by atoms with Gasteiger partial charge in [-0.25, -0.2) is 9.50 Å². The highest BCUT2D eigenvalue weighted by atomic mass is 19.2. The molecule has 1 aliphatic rings. The average molecular weight is 404 g/mol. The Morgan fingerprint density at radius 2 is 1.93 bits per heavy atom. The van der Waals surface area contributed by atoms with E-state index in [9.17, 15) is 8.78 Å². The van der Waals surface area contributed by atoms with E-state index in [0.29, 0.717) is 17.3 Å². The lowest BCUT2D eigenvalue weighted by Crippen LogP contribution is -2.23. The van der Waals surface area contributed by atoms with Crippen LogP contribution in [0.4, 0.5) is 14.5 Å². The molecule has 2 aromatic heterocycles. The van der Waals surface area contributed by atoms with Crippen LogP contribution in [0.1, 0.15) is 18.5 Å². The van der Waals surface area contributed by atoms with Gasteiger partial charge in [0.1, 0.15) is 0 Å². The molecule has 1 saturated heterocycles. The Hall–Kier alpha value is -2.94. The number of aryl methyl sites for hydroxylation is 1. The molecule has 3 heterocycles. The molecule has 3 aromatic rings. The third-order valence-electron chi connectivity index (χ3n) is 4.98. The molecule has 1 aliphatic heterocycles. The normalized spacial score (nSPS) is 14.9. The fourth-order valence-corrected chi connectivity index (χ4v) is 3.30. The van der Waals surface area contributed by atoms with Crippen molar-refractivity contribution >= 4 is 11.3 Å². The van der Waals surface area contributed by atoms with E-state index < -0.39 is 11.6 Å². The summed E-state index contributed by atoms with van der Waals surface area (Å²) in [6.07, 6.45) is 3.67. The minimum Gasteiger partial charge on any atom is -0.494 e. The number of nitrogens with zero attached hydrogens (tertiary/aromatic N) is 3. The number of anilines is 1. The largest absolute Gasteiger partial charge is 0.494 e. The molecule has 0 aliphatic carbocycles. The molecule has 0 unspecified atom stereocenters. The van der Waals surface area contributed by atoms with Crippen molar-refractivity contribution < 1.29 is 23.0 Å². The van der Waals surface area contributed by atoms with Gasteiger partial charge in [0.15, 0.2) is 17.1 Å². The summed E-state index contributed by atoms with van der Waals surface area (Å²) in [4.78, 5) is 4.39. The maximum absolute atomic E-state index is 14.3. The van der Waals surface area contributed by atoms with Crippen molar-refractivity contribution in [3.8, 4) is 17.4 Å². The van der Waals surface area contributed by atoms with Crippen LogP contribution in [0.15, 0.2) is 24.4 Å². The molecule has 29 heavy (non-hydrogen) atoms. The highest BCUT2D eigenvalue weighted by Crippen LogP contribution is 2.32. The van der Waals surface area contributed by atoms with Crippen LogP contribution in [0.5, 0.6) is 17.4 Å². The number of nitrogens with one attached hydrogen (secondary N) is 1. The van der Waals surface area contributed by atoms with Crippen molar-refractivity contribution in [2.75, 3.05) is 32.2 Å². The number of rotatable bonds is 6. The van der Waals surface area contributed by atoms with Gasteiger partial charge in [0.25, 0.3) is 0 Å². The molecular formula is C20H22F2N4O3. The van der Waals surface area contributed by atoms with E-state index in [1.54, 1.807) is 16.8 Å². The standard InChI is InChI=1S/C20H22F2N4O3/c1-12-10-24-20-14(23-11-13-5-7-28-8-6-13)9-17(25-26(12)20)29-16-4-3-15(27-2)18(21)19(16)22/h3-4,9-10,13,23H,5-8,11H2,1-2H3. The first-order chi connectivity index (χ1) is 14.1. The molecule has 1 N–H and O–H groups in total. The lowest BCUT2D eigenvalue weighted by atomic mass is 10.0. The van der Waals surface area contributed by atoms with E-state index in [1.807, 2.05) is 6.92 Å². The van der Waals surface area contributed by atoms with Crippen LogP contribution in [-0.4, -0.2) is 41.5 Å². The summed E-state index contributed by atoms with van der Waals surface area (Å²) in [5.74, 6) is -2.10. The molecule has 4 rings (SSSR count). The third-order valence-corrected chi connectivity index (χ3v) is 4.98. The predicted molar refractivity (Wildman–Crippen MR) is 103 cm³/mol. The molecule has 0 saturated carbocycles. The summed E-state index contributed by atoms with van der Waals surface area (Å²) < 4.78 is 45.7. The van der Waals surface area contributed by atoms with Crippen LogP contribution >= 0.6 is 0 Å². The van der Waals surface area contributed by atoms with Crippen LogP contribution in [0, 0.1) is 24.5 Å². The van der Waals surface area contributed by atoms with Crippen molar-refractivity contribution in [2.24, 2.45) is 5.92 Å². The Kier molecular flexibility index (Phi) is 5.48. The van der Waals surface area contributed by atoms with E-state index in [1.165, 1.54) is 19.2 Å². The summed E-state index contributed by atoms with van der Waals surface area (Å²) >= 11 is 0. The van der Waals surface area contributed by atoms with Gasteiger partial charge in [-0.3, -0.25) is 0 Å². The number of hydrogen-bond donors (Lipinski definition) is 1. The molecule has 7 nitrogen and oxygen atoms in total. The van der Waals surface area contributed by atoms with Crippen molar-refractivity contribution in [1.82, 2.24) is 14.6 Å². The zero-order chi connectivity index (χ0) is 20.4. The maximum Gasteiger partial charge on any atom is 0.239 e. The molecule has 0 bridgehead atoms. The molecular weight excluding hydrogens is 382 g/mol. The SMILES string of the molecule is COc1ccc(Oc2cc(NCC3CCOCC3)c3ncc(C)n3n2)c(F)c1F. The lowest BCUT2D eigenvalue weighted by Gasteiger charge is -2.22. The van der Waals surface area contributed by atoms with E-state index >= 15 is 0 Å². The van der Waals surface area contributed by atoms with Gasteiger partial charge in [-0.1, -0.05) is 0 Å². The fourth-order valence-electron chi connectivity index (χ4n) is 3.30. The minimum atomic E-state index is -1.13. The predicted octanol–water partition coefficient (Wildman–Crippen LogP) is 3.96. The Labute approximate surface area is 166 Å². The van der Waals surface area contributed by atoms with Crippen molar-refractivity contribution in [1.29, 1.82) is 0 Å². The van der Waals surface area contributed by atoms with Gasteiger partial charge >= 0.3 is 0 Å². The molecule has 1 aromatic carbocycles. The van der Waals surface area contributed by atoms with Gasteiger partial charge in [-0.2, -0.15) is 8.78 Å². The summed E-state index contributed by atoms with van der Waals surface area (Å²) in [5.41, 5.74) is 2.15. The molecule has 9 heteroatoms. The first kappa shape index (κ1) is 19.4. The van der Waals surface area contributed by atoms with Crippen molar-refractivity contribution in [3.63, 3.8) is 0 Å². The maximum atomic E-state index is 14.3. The quantitative estimate of drug-likeness (QED) is 0.671. The second-order valence-corrected chi connectivity index (χ2v) is 6.96. The fraction of sp³-hybridized carbons (Fsp3) is 0.400. The van der Waals surface area contributed by atoms with Crippen LogP contribution in [0.2, 0.25) is 0 Å². The molecule has 1 fully saturated rings. The highest BCUT2D eigenvalue weighted by molar-refractivity contribution is 5.68. The summed E-state index contributed by atoms with van der Waals surface area (Å²) in [6, 6.07) is 4.25. The molecule has 0 amide bonds. The highest BCUT2D eigenvalue weighted by Gasteiger charge is 2.19. The Morgan fingerprint density at radius 1 is 1.21 bits per heavy atom. The smallest absolute Gasteiger partial charge is 0.239 e. The first-order valence-electron chi connectivity index (χ1n) is 9.43. The second-order valence-electron chi connectivity index (χ2n) is 6.96. The van der Waals surface area contributed by atoms with E-state index in [2.05, 4.69) is 15.4 Å². The summed E-state index contributed by atoms with van der Waals surface area (Å²) in [6.45, 7) is 4.13. The van der Waals surface area contributed by atoms with Crippen molar-refractivity contribution in [2.45, 2.75) is 19.8 Å². The van der Waals surface area contributed by atoms with Gasteiger partial charge in [-0.05, 0) is 37.8 Å². The molecule has 0 atom stereocenters. The zero-order valence-corrected chi connectivity index (χ0v) is 16.2. The topological polar surface area (TPSA) is 69.9 Å². The van der Waals surface area contributed by atoms with E-state index in [4.69, 9.17) is 14.2 Å². The van der Waals surface area contributed by atoms with Gasteiger partial charge in [0.05, 0.1) is 24.7 Å². The van der Waals surface area contributed by atoms with Crippen LogP contribution < -0.4 is 14.8 Å². The number of hydrogen-bond acceptors (Lipinski definition) is 6. The van der Waals surface area contributed by atoms with Gasteiger partial charge < -0.3 is 19.5 Å². The second kappa shape index (κ2) is 8.20. The molecule has 0 radical (unpaired) electrons. The summed E-state index contributed by atoms with van der Waals surface area (Å²) in [7, 11) is 1.27. The lowest BCUT2D eigenvalue weighted by molar-refractivity contribution is 0.0699. The zero-order valence-electron chi connectivity index (χ0n) is 16.2. The Bertz CT molecular complexity index is 1020. The number of benzene rings is 1. The monoisotopic (exact) mass is 404 g/mol. The van der Waals surface area contributed by atoms with Crippen molar-refractivity contribution in [3.05, 3.63) is 41.7 Å². The average Bonchev–Trinajstić information content (AvgIpc) is 3.11. The number of halogens is 2. The third kappa shape index (κ3) is 3.95. The van der Waals surface area contributed by atoms with E-state index in [0.717, 1.165) is 38.3 Å². The Morgan fingerprint density at radius 3 is 2.69 bits per heavy atom. The number of fused-ring (bicyclic) bond motifs is 1. The first-order valence-corrected chi connectivity index (χ1v) is 9.43. The number of imidazole rings is 1. The molecule has 0 spiro atoms. The van der Waals surface area contributed by atoms with Crippen LogP contribution in [0.3, 0.4) is 0 Å².